The van der Waals surface area contributed by atoms with Crippen LogP contribution in [0.3, 0.4) is 0 Å². The third kappa shape index (κ3) is 3.50. The van der Waals surface area contributed by atoms with E-state index in [1.807, 2.05) is 12.1 Å². The van der Waals surface area contributed by atoms with Crippen molar-refractivity contribution >= 4 is 16.8 Å². The summed E-state index contributed by atoms with van der Waals surface area (Å²) in [7, 11) is 1.70. The molecule has 6 heteroatoms. The Balaban J connectivity index is 1.31. The van der Waals surface area contributed by atoms with Crippen LogP contribution in [-0.2, 0) is 11.3 Å². The molecule has 2 aliphatic heterocycles. The number of nitrogens with zero attached hydrogens (tertiary/aromatic N) is 3. The van der Waals surface area contributed by atoms with E-state index < -0.39 is 0 Å². The number of methoxy groups -OCH3 is 1. The Morgan fingerprint density at radius 3 is 3.00 bits per heavy atom. The second-order valence-corrected chi connectivity index (χ2v) is 9.12. The van der Waals surface area contributed by atoms with E-state index in [-0.39, 0.29) is 5.41 Å². The van der Waals surface area contributed by atoms with Crippen LogP contribution in [0.2, 0.25) is 0 Å². The van der Waals surface area contributed by atoms with Gasteiger partial charge in [0, 0.05) is 43.4 Å². The van der Waals surface area contributed by atoms with E-state index in [0.717, 1.165) is 73.8 Å². The highest BCUT2D eigenvalue weighted by Gasteiger charge is 2.42. The molecule has 1 aromatic carbocycles. The number of nitrogens with one attached hydrogen (secondary N) is 1. The lowest BCUT2D eigenvalue weighted by Crippen LogP contribution is -2.54. The number of likely N-dealkylation sites (tertiary alicyclic amines) is 2. The van der Waals surface area contributed by atoms with Gasteiger partial charge in [0.05, 0.1) is 18.3 Å². The van der Waals surface area contributed by atoms with Gasteiger partial charge in [-0.1, -0.05) is 0 Å². The molecule has 5 rings (SSSR count). The molecule has 150 valence electrons. The SMILES string of the molecule is COc1ccc2n[nH]c(CN3CCC[C@]4(CCC(=O)N(CC5CC5)C4)C3)c2c1. The fourth-order valence-corrected chi connectivity index (χ4v) is 5.17. The van der Waals surface area contributed by atoms with Crippen LogP contribution in [0.5, 0.6) is 5.75 Å². The topological polar surface area (TPSA) is 61.5 Å². The quantitative estimate of drug-likeness (QED) is 0.863. The maximum absolute atomic E-state index is 12.4. The smallest absolute Gasteiger partial charge is 0.222 e. The zero-order valence-corrected chi connectivity index (χ0v) is 16.7. The summed E-state index contributed by atoms with van der Waals surface area (Å²) in [6, 6.07) is 6.04. The number of aromatic nitrogens is 2. The van der Waals surface area contributed by atoms with Gasteiger partial charge in [0.15, 0.2) is 0 Å². The van der Waals surface area contributed by atoms with E-state index in [9.17, 15) is 4.79 Å². The molecule has 0 radical (unpaired) electrons. The molecule has 1 aromatic heterocycles. The van der Waals surface area contributed by atoms with Crippen LogP contribution in [0.25, 0.3) is 10.9 Å². The summed E-state index contributed by atoms with van der Waals surface area (Å²) in [6.07, 6.45) is 6.83. The molecule has 0 unspecified atom stereocenters. The van der Waals surface area contributed by atoms with Crippen LogP contribution in [0.4, 0.5) is 0 Å². The average molecular weight is 383 g/mol. The van der Waals surface area contributed by atoms with Crippen LogP contribution < -0.4 is 4.74 Å². The molecule has 1 spiro atoms. The van der Waals surface area contributed by atoms with E-state index in [1.54, 1.807) is 7.11 Å². The lowest BCUT2D eigenvalue weighted by Gasteiger charge is -2.48. The van der Waals surface area contributed by atoms with Gasteiger partial charge in [-0.25, -0.2) is 0 Å². The van der Waals surface area contributed by atoms with Gasteiger partial charge in [-0.3, -0.25) is 14.8 Å². The molecule has 3 heterocycles. The van der Waals surface area contributed by atoms with Crippen LogP contribution in [0, 0.1) is 11.3 Å². The fraction of sp³-hybridized carbons (Fsp3) is 0.636. The Labute approximate surface area is 166 Å². The number of amides is 1. The Bertz CT molecular complexity index is 875. The monoisotopic (exact) mass is 382 g/mol. The molecule has 6 nitrogen and oxygen atoms in total. The van der Waals surface area contributed by atoms with Crippen molar-refractivity contribution in [2.45, 2.75) is 45.1 Å². The zero-order chi connectivity index (χ0) is 19.1. The number of H-pyrrole nitrogens is 1. The third-order valence-corrected chi connectivity index (χ3v) is 6.89. The minimum absolute atomic E-state index is 0.272. The number of rotatable bonds is 5. The normalized spacial score (nSPS) is 26.3. The highest BCUT2D eigenvalue weighted by atomic mass is 16.5. The summed E-state index contributed by atoms with van der Waals surface area (Å²) in [5.41, 5.74) is 2.42. The molecule has 1 amide bonds. The van der Waals surface area contributed by atoms with Crippen molar-refractivity contribution in [2.75, 3.05) is 33.3 Å². The molecule has 0 bridgehead atoms. The Hall–Kier alpha value is -2.08. The minimum atomic E-state index is 0.272. The lowest BCUT2D eigenvalue weighted by atomic mass is 9.73. The summed E-state index contributed by atoms with van der Waals surface area (Å²) in [6.45, 7) is 5.01. The van der Waals surface area contributed by atoms with Crippen molar-refractivity contribution in [3.05, 3.63) is 23.9 Å². The van der Waals surface area contributed by atoms with Crippen molar-refractivity contribution in [3.63, 3.8) is 0 Å². The van der Waals surface area contributed by atoms with Crippen LogP contribution in [0.1, 0.15) is 44.2 Å². The summed E-state index contributed by atoms with van der Waals surface area (Å²) < 4.78 is 5.39. The number of hydrogen-bond donors (Lipinski definition) is 1. The molecule has 1 atom stereocenters. The molecule has 1 saturated carbocycles. The number of carbonyl (C=O) groups excluding carboxylic acids is 1. The van der Waals surface area contributed by atoms with Gasteiger partial charge in [0.2, 0.25) is 5.91 Å². The van der Waals surface area contributed by atoms with Gasteiger partial charge in [0.25, 0.3) is 0 Å². The first-order chi connectivity index (χ1) is 13.6. The van der Waals surface area contributed by atoms with Crippen LogP contribution in [-0.4, -0.2) is 59.2 Å². The number of benzene rings is 1. The second-order valence-electron chi connectivity index (χ2n) is 9.12. The molecule has 2 saturated heterocycles. The van der Waals surface area contributed by atoms with E-state index in [1.165, 1.54) is 25.7 Å². The highest BCUT2D eigenvalue weighted by molar-refractivity contribution is 5.82. The summed E-state index contributed by atoms with van der Waals surface area (Å²) in [5, 5.41) is 8.85. The van der Waals surface area contributed by atoms with Gasteiger partial charge in [-0.2, -0.15) is 5.10 Å². The molecule has 28 heavy (non-hydrogen) atoms. The first kappa shape index (κ1) is 18.0. The number of piperidine rings is 2. The maximum atomic E-state index is 12.4. The van der Waals surface area contributed by atoms with Gasteiger partial charge < -0.3 is 9.64 Å². The van der Waals surface area contributed by atoms with Gasteiger partial charge in [0.1, 0.15) is 5.75 Å². The summed E-state index contributed by atoms with van der Waals surface area (Å²) >= 11 is 0. The van der Waals surface area contributed by atoms with Crippen molar-refractivity contribution in [2.24, 2.45) is 11.3 Å². The number of hydrogen-bond acceptors (Lipinski definition) is 4. The molecule has 1 aliphatic carbocycles. The minimum Gasteiger partial charge on any atom is -0.497 e. The van der Waals surface area contributed by atoms with Crippen LogP contribution >= 0.6 is 0 Å². The summed E-state index contributed by atoms with van der Waals surface area (Å²) in [4.78, 5) is 17.2. The van der Waals surface area contributed by atoms with E-state index >= 15 is 0 Å². The number of fused-ring (bicyclic) bond motifs is 1. The number of carbonyl (C=O) groups is 1. The molecule has 3 aliphatic rings. The predicted octanol–water partition coefficient (Wildman–Crippen LogP) is 3.19. The van der Waals surface area contributed by atoms with E-state index in [4.69, 9.17) is 4.74 Å². The molecular formula is C22H30N4O2. The highest BCUT2D eigenvalue weighted by Crippen LogP contribution is 2.41. The molecular weight excluding hydrogens is 352 g/mol. The largest absolute Gasteiger partial charge is 0.497 e. The standard InChI is InChI=1S/C22H30N4O2/c1-28-17-5-6-19-18(11-17)20(24-23-19)13-25-10-2-8-22(14-25)9-7-21(27)26(15-22)12-16-3-4-16/h5-6,11,16H,2-4,7-10,12-15H2,1H3,(H,23,24)/t22-/m0/s1. The maximum Gasteiger partial charge on any atom is 0.222 e. The van der Waals surface area contributed by atoms with Crippen molar-refractivity contribution < 1.29 is 9.53 Å². The second kappa shape index (κ2) is 7.07. The first-order valence-corrected chi connectivity index (χ1v) is 10.7. The van der Waals surface area contributed by atoms with Gasteiger partial charge in [-0.05, 0) is 62.8 Å². The Morgan fingerprint density at radius 2 is 2.18 bits per heavy atom. The van der Waals surface area contributed by atoms with Crippen molar-refractivity contribution in [1.82, 2.24) is 20.0 Å². The predicted molar refractivity (Wildman–Crippen MR) is 108 cm³/mol. The van der Waals surface area contributed by atoms with Gasteiger partial charge in [-0.15, -0.1) is 0 Å². The molecule has 3 fully saturated rings. The Morgan fingerprint density at radius 1 is 1.29 bits per heavy atom. The average Bonchev–Trinajstić information content (AvgIpc) is 3.44. The summed E-state index contributed by atoms with van der Waals surface area (Å²) in [5.74, 6) is 2.01. The third-order valence-electron chi connectivity index (χ3n) is 6.89. The number of ether oxygens (including phenoxy) is 1. The lowest BCUT2D eigenvalue weighted by molar-refractivity contribution is -0.139. The zero-order valence-electron chi connectivity index (χ0n) is 16.7. The number of aromatic amines is 1. The fourth-order valence-electron chi connectivity index (χ4n) is 5.17. The first-order valence-electron chi connectivity index (χ1n) is 10.7. The van der Waals surface area contributed by atoms with Crippen LogP contribution in [0.15, 0.2) is 18.2 Å². The van der Waals surface area contributed by atoms with Crippen molar-refractivity contribution in [1.29, 1.82) is 0 Å². The van der Waals surface area contributed by atoms with E-state index in [0.29, 0.717) is 5.91 Å². The van der Waals surface area contributed by atoms with E-state index in [2.05, 4.69) is 26.1 Å². The molecule has 1 N–H and O–H groups in total. The van der Waals surface area contributed by atoms with Gasteiger partial charge >= 0.3 is 0 Å². The Kier molecular flexibility index (Phi) is 4.54. The van der Waals surface area contributed by atoms with Crippen molar-refractivity contribution in [3.8, 4) is 5.75 Å². The molecule has 2 aromatic rings.